The molecule has 0 aliphatic rings. The molecule has 0 unspecified atom stereocenters. The number of benzene rings is 2. The monoisotopic (exact) mass is 391 g/mol. The van der Waals surface area contributed by atoms with Crippen molar-refractivity contribution in [1.29, 1.82) is 0 Å². The van der Waals surface area contributed by atoms with Crippen LogP contribution in [0.2, 0.25) is 0 Å². The number of hydrogen-bond acceptors (Lipinski definition) is 3. The molecule has 0 radical (unpaired) electrons. The Labute approximate surface area is 170 Å². The number of fused-ring (bicyclic) bond motifs is 1. The lowest BCUT2D eigenvalue weighted by atomic mass is 10.2. The van der Waals surface area contributed by atoms with Gasteiger partial charge in [0.05, 0.1) is 23.9 Å². The smallest absolute Gasteiger partial charge is 0.124 e. The SMILES string of the molecule is CCn1c(CN(CCCn2ccnc2)Cc2cccc(F)c2)nc2ccccc21. The molecule has 0 atom stereocenters. The van der Waals surface area contributed by atoms with Gasteiger partial charge in [-0.05, 0) is 43.2 Å². The number of halogens is 1. The maximum absolute atomic E-state index is 13.7. The topological polar surface area (TPSA) is 38.9 Å². The molecule has 2 heterocycles. The fourth-order valence-corrected chi connectivity index (χ4v) is 3.80. The molecule has 2 aromatic heterocycles. The fourth-order valence-electron chi connectivity index (χ4n) is 3.80. The Bertz CT molecular complexity index is 1050. The second kappa shape index (κ2) is 9.01. The van der Waals surface area contributed by atoms with E-state index in [4.69, 9.17) is 4.98 Å². The van der Waals surface area contributed by atoms with Crippen molar-refractivity contribution >= 4 is 11.0 Å². The van der Waals surface area contributed by atoms with E-state index >= 15 is 0 Å². The largest absolute Gasteiger partial charge is 0.337 e. The van der Waals surface area contributed by atoms with E-state index in [1.54, 1.807) is 18.3 Å². The van der Waals surface area contributed by atoms with Gasteiger partial charge in [-0.2, -0.15) is 0 Å². The first-order valence-corrected chi connectivity index (χ1v) is 10.1. The predicted molar refractivity (Wildman–Crippen MR) is 113 cm³/mol. The van der Waals surface area contributed by atoms with Gasteiger partial charge in [-0.3, -0.25) is 4.90 Å². The van der Waals surface area contributed by atoms with Gasteiger partial charge in [0.2, 0.25) is 0 Å². The Kier molecular flexibility index (Phi) is 6.00. The number of rotatable bonds is 9. The average Bonchev–Trinajstić information content (AvgIpc) is 3.35. The minimum Gasteiger partial charge on any atom is -0.337 e. The highest BCUT2D eigenvalue weighted by Gasteiger charge is 2.14. The van der Waals surface area contributed by atoms with E-state index in [2.05, 4.69) is 44.1 Å². The minimum atomic E-state index is -0.193. The van der Waals surface area contributed by atoms with E-state index in [0.29, 0.717) is 6.54 Å². The summed E-state index contributed by atoms with van der Waals surface area (Å²) in [5.74, 6) is 0.856. The van der Waals surface area contributed by atoms with Gasteiger partial charge >= 0.3 is 0 Å². The molecule has 0 aliphatic carbocycles. The lowest BCUT2D eigenvalue weighted by molar-refractivity contribution is 0.239. The number of hydrogen-bond donors (Lipinski definition) is 0. The first-order valence-electron chi connectivity index (χ1n) is 10.1. The first-order chi connectivity index (χ1) is 14.2. The molecule has 0 spiro atoms. The Balaban J connectivity index is 1.54. The second-order valence-corrected chi connectivity index (χ2v) is 7.26. The van der Waals surface area contributed by atoms with Crippen LogP contribution in [-0.4, -0.2) is 30.5 Å². The van der Waals surface area contributed by atoms with Crippen LogP contribution in [0.25, 0.3) is 11.0 Å². The van der Waals surface area contributed by atoms with Crippen molar-refractivity contribution in [1.82, 2.24) is 24.0 Å². The Morgan fingerprint density at radius 3 is 2.76 bits per heavy atom. The maximum Gasteiger partial charge on any atom is 0.124 e. The highest BCUT2D eigenvalue weighted by atomic mass is 19.1. The lowest BCUT2D eigenvalue weighted by Crippen LogP contribution is -2.26. The Hall–Kier alpha value is -2.99. The molecule has 0 aliphatic heterocycles. The van der Waals surface area contributed by atoms with Crippen molar-refractivity contribution in [2.24, 2.45) is 0 Å². The van der Waals surface area contributed by atoms with Crippen LogP contribution in [0, 0.1) is 5.82 Å². The maximum atomic E-state index is 13.7. The highest BCUT2D eigenvalue weighted by molar-refractivity contribution is 5.75. The summed E-state index contributed by atoms with van der Waals surface area (Å²) < 4.78 is 18.0. The molecular weight excluding hydrogens is 365 g/mol. The number of para-hydroxylation sites is 2. The quantitative estimate of drug-likeness (QED) is 0.422. The van der Waals surface area contributed by atoms with Crippen LogP contribution in [0.15, 0.2) is 67.3 Å². The zero-order valence-electron chi connectivity index (χ0n) is 16.7. The Morgan fingerprint density at radius 2 is 1.97 bits per heavy atom. The van der Waals surface area contributed by atoms with E-state index in [1.807, 2.05) is 24.7 Å². The summed E-state index contributed by atoms with van der Waals surface area (Å²) in [5, 5.41) is 0. The molecule has 0 N–H and O–H groups in total. The molecule has 6 heteroatoms. The normalized spacial score (nSPS) is 11.6. The summed E-state index contributed by atoms with van der Waals surface area (Å²) >= 11 is 0. The molecule has 0 bridgehead atoms. The molecule has 4 aromatic rings. The van der Waals surface area contributed by atoms with Crippen molar-refractivity contribution in [3.05, 3.63) is 84.5 Å². The molecule has 0 amide bonds. The van der Waals surface area contributed by atoms with Crippen molar-refractivity contribution in [3.63, 3.8) is 0 Å². The van der Waals surface area contributed by atoms with Gasteiger partial charge < -0.3 is 9.13 Å². The third kappa shape index (κ3) is 4.71. The summed E-state index contributed by atoms with van der Waals surface area (Å²) in [6.07, 6.45) is 6.60. The molecule has 29 heavy (non-hydrogen) atoms. The fraction of sp³-hybridized carbons (Fsp3) is 0.304. The van der Waals surface area contributed by atoms with Gasteiger partial charge in [0.25, 0.3) is 0 Å². The predicted octanol–water partition coefficient (Wildman–Crippen LogP) is 4.48. The number of aryl methyl sites for hydroxylation is 2. The van der Waals surface area contributed by atoms with Gasteiger partial charge in [-0.15, -0.1) is 0 Å². The van der Waals surface area contributed by atoms with Crippen LogP contribution < -0.4 is 0 Å². The summed E-state index contributed by atoms with van der Waals surface area (Å²) in [5.41, 5.74) is 3.16. The van der Waals surface area contributed by atoms with Crippen LogP contribution in [0.3, 0.4) is 0 Å². The number of aromatic nitrogens is 4. The van der Waals surface area contributed by atoms with Gasteiger partial charge in [0.15, 0.2) is 0 Å². The zero-order valence-corrected chi connectivity index (χ0v) is 16.7. The molecular formula is C23H26FN5. The number of imidazole rings is 2. The van der Waals surface area contributed by atoms with Gasteiger partial charge in [0, 0.05) is 38.6 Å². The standard InChI is InChI=1S/C23H26FN5/c1-2-29-22-10-4-3-9-21(22)26-23(29)17-28(13-6-12-27-14-11-25-18-27)16-19-7-5-8-20(24)15-19/h3-5,7-11,14-15,18H,2,6,12-13,16-17H2,1H3. The zero-order chi connectivity index (χ0) is 20.1. The van der Waals surface area contributed by atoms with Crippen molar-refractivity contribution in [3.8, 4) is 0 Å². The van der Waals surface area contributed by atoms with Gasteiger partial charge in [-0.1, -0.05) is 24.3 Å². The van der Waals surface area contributed by atoms with Crippen LogP contribution in [-0.2, 0) is 26.2 Å². The van der Waals surface area contributed by atoms with Crippen LogP contribution in [0.4, 0.5) is 4.39 Å². The van der Waals surface area contributed by atoms with Crippen molar-refractivity contribution < 1.29 is 4.39 Å². The third-order valence-corrected chi connectivity index (χ3v) is 5.16. The molecule has 4 rings (SSSR count). The summed E-state index contributed by atoms with van der Waals surface area (Å²) in [6, 6.07) is 15.1. The van der Waals surface area contributed by atoms with Gasteiger partial charge in [0.1, 0.15) is 11.6 Å². The molecule has 0 saturated heterocycles. The molecule has 0 fully saturated rings. The molecule has 2 aromatic carbocycles. The Morgan fingerprint density at radius 1 is 1.07 bits per heavy atom. The van der Waals surface area contributed by atoms with E-state index < -0.39 is 0 Å². The van der Waals surface area contributed by atoms with Crippen molar-refractivity contribution in [2.45, 2.75) is 39.5 Å². The molecule has 5 nitrogen and oxygen atoms in total. The summed E-state index contributed by atoms with van der Waals surface area (Å²) in [6.45, 7) is 6.23. The number of nitrogens with zero attached hydrogens (tertiary/aromatic N) is 5. The van der Waals surface area contributed by atoms with E-state index in [-0.39, 0.29) is 5.82 Å². The summed E-state index contributed by atoms with van der Waals surface area (Å²) in [4.78, 5) is 11.3. The minimum absolute atomic E-state index is 0.193. The van der Waals surface area contributed by atoms with Crippen LogP contribution in [0.5, 0.6) is 0 Å². The first kappa shape index (κ1) is 19.3. The van der Waals surface area contributed by atoms with Crippen LogP contribution in [0.1, 0.15) is 24.7 Å². The van der Waals surface area contributed by atoms with Gasteiger partial charge in [-0.25, -0.2) is 14.4 Å². The third-order valence-electron chi connectivity index (χ3n) is 5.16. The highest BCUT2D eigenvalue weighted by Crippen LogP contribution is 2.18. The summed E-state index contributed by atoms with van der Waals surface area (Å²) in [7, 11) is 0. The molecule has 0 saturated carbocycles. The second-order valence-electron chi connectivity index (χ2n) is 7.26. The lowest BCUT2D eigenvalue weighted by Gasteiger charge is -2.23. The van der Waals surface area contributed by atoms with Crippen molar-refractivity contribution in [2.75, 3.05) is 6.54 Å². The van der Waals surface area contributed by atoms with E-state index in [9.17, 15) is 4.39 Å². The average molecular weight is 391 g/mol. The molecule has 150 valence electrons. The van der Waals surface area contributed by atoms with E-state index in [0.717, 1.165) is 55.0 Å². The van der Waals surface area contributed by atoms with Crippen LogP contribution >= 0.6 is 0 Å². The van der Waals surface area contributed by atoms with E-state index in [1.165, 1.54) is 6.07 Å².